The number of ether oxygens (including phenoxy) is 1. The van der Waals surface area contributed by atoms with Gasteiger partial charge in [-0.15, -0.1) is 0 Å². The van der Waals surface area contributed by atoms with Gasteiger partial charge in [0.25, 0.3) is 5.91 Å². The average molecular weight is 407 g/mol. The van der Waals surface area contributed by atoms with Crippen LogP contribution in [0.25, 0.3) is 5.69 Å². The van der Waals surface area contributed by atoms with E-state index in [1.54, 1.807) is 18.2 Å². The van der Waals surface area contributed by atoms with Gasteiger partial charge in [-0.2, -0.15) is 18.3 Å². The molecule has 0 bridgehead atoms. The zero-order chi connectivity index (χ0) is 21.0. The maximum absolute atomic E-state index is 14.0. The van der Waals surface area contributed by atoms with Crippen LogP contribution in [0.1, 0.15) is 21.6 Å². The highest BCUT2D eigenvalue weighted by molar-refractivity contribution is 5.95. The van der Waals surface area contributed by atoms with E-state index in [0.717, 1.165) is 23.9 Å². The third-order valence-electron chi connectivity index (χ3n) is 4.20. The molecule has 0 spiro atoms. The smallest absolute Gasteiger partial charge is 0.434 e. The Kier molecular flexibility index (Phi) is 5.86. The molecule has 0 saturated heterocycles. The molecule has 29 heavy (non-hydrogen) atoms. The predicted molar refractivity (Wildman–Crippen MR) is 97.6 cm³/mol. The molecule has 0 atom stereocenters. The number of para-hydroxylation sites is 1. The number of nitrogens with zero attached hydrogens (tertiary/aromatic N) is 2. The summed E-state index contributed by atoms with van der Waals surface area (Å²) in [7, 11) is 1.52. The number of carbonyl (C=O) groups excluding carboxylic acids is 1. The Bertz CT molecular complexity index is 1010. The van der Waals surface area contributed by atoms with E-state index in [-0.39, 0.29) is 6.54 Å². The number of alkyl halides is 3. The molecule has 0 saturated carbocycles. The summed E-state index contributed by atoms with van der Waals surface area (Å²) in [5, 5.41) is 6.05. The van der Waals surface area contributed by atoms with Gasteiger partial charge >= 0.3 is 6.18 Å². The zero-order valence-electron chi connectivity index (χ0n) is 15.3. The quantitative estimate of drug-likeness (QED) is 0.629. The highest BCUT2D eigenvalue weighted by Gasteiger charge is 2.40. The molecule has 152 valence electrons. The van der Waals surface area contributed by atoms with E-state index in [1.165, 1.54) is 19.2 Å². The highest BCUT2D eigenvalue weighted by Crippen LogP contribution is 2.34. The lowest BCUT2D eigenvalue weighted by molar-refractivity contribution is -0.143. The second-order valence-electron chi connectivity index (χ2n) is 6.13. The highest BCUT2D eigenvalue weighted by atomic mass is 19.4. The second kappa shape index (κ2) is 8.34. The molecule has 3 rings (SSSR count). The Morgan fingerprint density at radius 3 is 2.62 bits per heavy atom. The number of carbonyl (C=O) groups is 1. The lowest BCUT2D eigenvalue weighted by Gasteiger charge is -2.13. The summed E-state index contributed by atoms with van der Waals surface area (Å²) in [5.41, 5.74) is -1.55. The van der Waals surface area contributed by atoms with Gasteiger partial charge in [0.15, 0.2) is 5.69 Å². The maximum Gasteiger partial charge on any atom is 0.434 e. The van der Waals surface area contributed by atoms with Crippen LogP contribution in [0.15, 0.2) is 54.7 Å². The minimum absolute atomic E-state index is 0.105. The van der Waals surface area contributed by atoms with Gasteiger partial charge in [-0.1, -0.05) is 24.3 Å². The van der Waals surface area contributed by atoms with Gasteiger partial charge in [-0.25, -0.2) is 9.07 Å². The van der Waals surface area contributed by atoms with Crippen LogP contribution in [0.2, 0.25) is 0 Å². The third kappa shape index (κ3) is 4.56. The predicted octanol–water partition coefficient (Wildman–Crippen LogP) is 4.01. The number of amides is 1. The van der Waals surface area contributed by atoms with Crippen molar-refractivity contribution in [3.63, 3.8) is 0 Å². The molecule has 5 nitrogen and oxygen atoms in total. The van der Waals surface area contributed by atoms with Crippen molar-refractivity contribution in [2.24, 2.45) is 0 Å². The Labute approximate surface area is 163 Å². The van der Waals surface area contributed by atoms with Crippen LogP contribution in [0.3, 0.4) is 0 Å². The van der Waals surface area contributed by atoms with Crippen molar-refractivity contribution in [3.8, 4) is 11.4 Å². The molecule has 3 aromatic rings. The number of rotatable bonds is 6. The van der Waals surface area contributed by atoms with E-state index in [1.807, 2.05) is 6.07 Å². The Morgan fingerprint density at radius 1 is 1.17 bits per heavy atom. The standard InChI is InChI=1S/C20H17F4N3O2/c1-29-14-6-4-5-13(11-14)9-10-25-19(28)15-12-26-27(18(15)20(22,23)24)17-8-3-2-7-16(17)21/h2-8,11-12H,9-10H2,1H3,(H,25,28). The first-order valence-corrected chi connectivity index (χ1v) is 8.62. The molecule has 0 aliphatic heterocycles. The summed E-state index contributed by atoms with van der Waals surface area (Å²) in [4.78, 5) is 12.4. The van der Waals surface area contributed by atoms with Crippen molar-refractivity contribution in [1.82, 2.24) is 15.1 Å². The van der Waals surface area contributed by atoms with Crippen molar-refractivity contribution in [2.75, 3.05) is 13.7 Å². The van der Waals surface area contributed by atoms with Crippen LogP contribution < -0.4 is 10.1 Å². The van der Waals surface area contributed by atoms with E-state index in [9.17, 15) is 22.4 Å². The number of nitrogens with one attached hydrogen (secondary N) is 1. The van der Waals surface area contributed by atoms with Crippen LogP contribution in [-0.2, 0) is 12.6 Å². The van der Waals surface area contributed by atoms with Crippen LogP contribution in [-0.4, -0.2) is 29.3 Å². The number of methoxy groups -OCH3 is 1. The molecule has 0 aliphatic rings. The monoisotopic (exact) mass is 407 g/mol. The lowest BCUT2D eigenvalue weighted by Crippen LogP contribution is -2.28. The van der Waals surface area contributed by atoms with Crippen LogP contribution >= 0.6 is 0 Å². The Hall–Kier alpha value is -3.36. The molecule has 9 heteroatoms. The summed E-state index contributed by atoms with van der Waals surface area (Å²) in [5.74, 6) is -1.19. The van der Waals surface area contributed by atoms with Crippen molar-refractivity contribution < 1.29 is 27.1 Å². The summed E-state index contributed by atoms with van der Waals surface area (Å²) in [6, 6.07) is 12.0. The van der Waals surface area contributed by atoms with Crippen molar-refractivity contribution in [2.45, 2.75) is 12.6 Å². The van der Waals surface area contributed by atoms with E-state index in [2.05, 4.69) is 10.4 Å². The van der Waals surface area contributed by atoms with Gasteiger partial charge in [0.1, 0.15) is 17.3 Å². The Morgan fingerprint density at radius 2 is 1.93 bits per heavy atom. The minimum Gasteiger partial charge on any atom is -0.497 e. The normalized spacial score (nSPS) is 11.3. The van der Waals surface area contributed by atoms with E-state index in [0.29, 0.717) is 16.9 Å². The zero-order valence-corrected chi connectivity index (χ0v) is 15.3. The van der Waals surface area contributed by atoms with Gasteiger partial charge in [0.2, 0.25) is 0 Å². The molecular formula is C20H17F4N3O2. The fraction of sp³-hybridized carbons (Fsp3) is 0.200. The van der Waals surface area contributed by atoms with Crippen molar-refractivity contribution >= 4 is 5.91 Å². The van der Waals surface area contributed by atoms with Crippen molar-refractivity contribution in [3.05, 3.63) is 77.4 Å². The molecule has 0 aliphatic carbocycles. The number of halogens is 4. The van der Waals surface area contributed by atoms with E-state index < -0.39 is 34.8 Å². The summed E-state index contributed by atoms with van der Waals surface area (Å²) < 4.78 is 60.3. The van der Waals surface area contributed by atoms with Crippen molar-refractivity contribution in [1.29, 1.82) is 0 Å². The molecule has 1 amide bonds. The van der Waals surface area contributed by atoms with E-state index in [4.69, 9.17) is 4.74 Å². The van der Waals surface area contributed by atoms with Gasteiger partial charge in [0.05, 0.1) is 18.9 Å². The molecule has 1 heterocycles. The number of aromatic nitrogens is 2. The SMILES string of the molecule is COc1cccc(CCNC(=O)c2cnn(-c3ccccc3F)c2C(F)(F)F)c1. The number of benzene rings is 2. The molecule has 1 N–H and O–H groups in total. The molecule has 1 aromatic heterocycles. The van der Waals surface area contributed by atoms with Gasteiger partial charge in [0, 0.05) is 6.54 Å². The number of hydrogen-bond acceptors (Lipinski definition) is 3. The topological polar surface area (TPSA) is 56.1 Å². The molecular weight excluding hydrogens is 390 g/mol. The van der Waals surface area contributed by atoms with Crippen LogP contribution in [0, 0.1) is 5.82 Å². The first-order valence-electron chi connectivity index (χ1n) is 8.62. The molecule has 2 aromatic carbocycles. The average Bonchev–Trinajstić information content (AvgIpc) is 3.14. The third-order valence-corrected chi connectivity index (χ3v) is 4.20. The van der Waals surface area contributed by atoms with Gasteiger partial charge < -0.3 is 10.1 Å². The molecule has 0 radical (unpaired) electrons. The Balaban J connectivity index is 1.81. The maximum atomic E-state index is 14.0. The summed E-state index contributed by atoms with van der Waals surface area (Å²) in [6.07, 6.45) is -3.72. The second-order valence-corrected chi connectivity index (χ2v) is 6.13. The van der Waals surface area contributed by atoms with Gasteiger partial charge in [-0.3, -0.25) is 4.79 Å². The first-order chi connectivity index (χ1) is 13.8. The van der Waals surface area contributed by atoms with Gasteiger partial charge in [-0.05, 0) is 36.2 Å². The fourth-order valence-electron chi connectivity index (χ4n) is 2.84. The first kappa shape index (κ1) is 20.4. The molecule has 0 unspecified atom stereocenters. The number of hydrogen-bond donors (Lipinski definition) is 1. The minimum atomic E-state index is -4.90. The summed E-state index contributed by atoms with van der Waals surface area (Å²) in [6.45, 7) is 0.105. The largest absolute Gasteiger partial charge is 0.497 e. The summed E-state index contributed by atoms with van der Waals surface area (Å²) >= 11 is 0. The van der Waals surface area contributed by atoms with Crippen LogP contribution in [0.5, 0.6) is 5.75 Å². The van der Waals surface area contributed by atoms with E-state index >= 15 is 0 Å². The fourth-order valence-corrected chi connectivity index (χ4v) is 2.84. The van der Waals surface area contributed by atoms with Crippen LogP contribution in [0.4, 0.5) is 17.6 Å². The lowest BCUT2D eigenvalue weighted by atomic mass is 10.1. The molecule has 0 fully saturated rings.